The molecule has 1 atom stereocenters. The van der Waals surface area contributed by atoms with Crippen LogP contribution in [0.2, 0.25) is 0 Å². The summed E-state index contributed by atoms with van der Waals surface area (Å²) in [5.41, 5.74) is 2.66. The molecule has 0 fully saturated rings. The monoisotopic (exact) mass is 286 g/mol. The molecule has 19 heavy (non-hydrogen) atoms. The van der Waals surface area contributed by atoms with Crippen molar-refractivity contribution in [2.24, 2.45) is 0 Å². The van der Waals surface area contributed by atoms with Gasteiger partial charge in [0, 0.05) is 6.92 Å². The molecule has 0 spiro atoms. The van der Waals surface area contributed by atoms with Gasteiger partial charge in [-0.3, -0.25) is 4.79 Å². The minimum atomic E-state index is -0.139. The van der Waals surface area contributed by atoms with Crippen LogP contribution in [0.25, 0.3) is 0 Å². The predicted molar refractivity (Wildman–Crippen MR) is 88.9 cm³/mol. The van der Waals surface area contributed by atoms with Gasteiger partial charge in [0.1, 0.15) is 0 Å². The number of thiol groups is 1. The molecule has 112 valence electrons. The van der Waals surface area contributed by atoms with Crippen LogP contribution in [-0.2, 0) is 4.79 Å². The maximum absolute atomic E-state index is 9.31. The van der Waals surface area contributed by atoms with E-state index in [9.17, 15) is 4.79 Å². The zero-order valence-corrected chi connectivity index (χ0v) is 14.3. The summed E-state index contributed by atoms with van der Waals surface area (Å²) in [7, 11) is 0. The number of hydrogen-bond donors (Lipinski definition) is 2. The molecule has 0 radical (unpaired) electrons. The molecule has 2 nitrogen and oxygen atoms in total. The molecule has 0 aliphatic carbocycles. The van der Waals surface area contributed by atoms with Gasteiger partial charge in [0.05, 0.1) is 6.10 Å². The van der Waals surface area contributed by atoms with E-state index in [0.29, 0.717) is 0 Å². The molecule has 1 unspecified atom stereocenters. The van der Waals surface area contributed by atoms with Crippen molar-refractivity contribution in [3.63, 3.8) is 0 Å². The quantitative estimate of drug-likeness (QED) is 0.742. The minimum Gasteiger partial charge on any atom is -0.393 e. The van der Waals surface area contributed by atoms with Gasteiger partial charge in [0.25, 0.3) is 0 Å². The maximum atomic E-state index is 9.31. The van der Waals surface area contributed by atoms with Crippen molar-refractivity contribution in [2.45, 2.75) is 61.0 Å². The Morgan fingerprint density at radius 3 is 1.42 bits per heavy atom. The van der Waals surface area contributed by atoms with Gasteiger partial charge in [-0.15, -0.1) is 12.6 Å². The summed E-state index contributed by atoms with van der Waals surface area (Å²) < 4.78 is 0. The van der Waals surface area contributed by atoms with E-state index < -0.39 is 0 Å². The first-order chi connectivity index (χ1) is 8.79. The highest BCUT2D eigenvalue weighted by molar-refractivity contribution is 7.96. The van der Waals surface area contributed by atoms with Gasteiger partial charge in [-0.05, 0) is 27.2 Å². The molecule has 3 heteroatoms. The Bertz CT molecular complexity index is 267. The van der Waals surface area contributed by atoms with Crippen molar-refractivity contribution in [3.8, 4) is 0 Å². The molecule has 1 N–H and O–H groups in total. The zero-order chi connectivity index (χ0) is 15.8. The van der Waals surface area contributed by atoms with Crippen LogP contribution in [0.15, 0.2) is 24.3 Å². The molecule has 1 aromatic carbocycles. The summed E-state index contributed by atoms with van der Waals surface area (Å²) in [6.45, 7) is 13.3. The highest BCUT2D eigenvalue weighted by Gasteiger charge is 1.81. The predicted octanol–water partition coefficient (Wildman–Crippen LogP) is 4.57. The van der Waals surface area contributed by atoms with Crippen molar-refractivity contribution < 1.29 is 9.90 Å². The number of rotatable bonds is 1. The van der Waals surface area contributed by atoms with Crippen molar-refractivity contribution in [3.05, 3.63) is 35.4 Å². The number of benzene rings is 1. The Morgan fingerprint density at radius 1 is 1.16 bits per heavy atom. The van der Waals surface area contributed by atoms with E-state index in [-0.39, 0.29) is 11.2 Å². The second-order valence-corrected chi connectivity index (χ2v) is 4.56. The fraction of sp³-hybridized carbons (Fsp3) is 0.562. The largest absolute Gasteiger partial charge is 0.393 e. The topological polar surface area (TPSA) is 37.3 Å². The third-order valence-electron chi connectivity index (χ3n) is 1.81. The van der Waals surface area contributed by atoms with Gasteiger partial charge in [-0.2, -0.15) is 0 Å². The maximum Gasteiger partial charge on any atom is 0.182 e. The number of carbonyl (C=O) groups is 1. The van der Waals surface area contributed by atoms with Crippen molar-refractivity contribution in [2.75, 3.05) is 0 Å². The third kappa shape index (κ3) is 31.7. The van der Waals surface area contributed by atoms with Crippen LogP contribution in [0.5, 0.6) is 0 Å². The average molecular weight is 286 g/mol. The SMILES string of the molecule is CC.CC(=O)S.CCC(C)O.Cc1ccc(C)cc1. The molecule has 1 aromatic rings. The Kier molecular flexibility index (Phi) is 21.1. The molecule has 0 aliphatic rings. The van der Waals surface area contributed by atoms with Crippen LogP contribution in [0.4, 0.5) is 0 Å². The first kappa shape index (κ1) is 23.3. The summed E-state index contributed by atoms with van der Waals surface area (Å²) >= 11 is 3.33. The Hall–Kier alpha value is -0.800. The summed E-state index contributed by atoms with van der Waals surface area (Å²) in [5, 5.41) is 8.22. The molecule has 0 bridgehead atoms. The molecule has 0 heterocycles. The lowest BCUT2D eigenvalue weighted by molar-refractivity contribution is -0.108. The molecule has 0 aromatic heterocycles. The number of carbonyl (C=O) groups excluding carboxylic acids is 1. The lowest BCUT2D eigenvalue weighted by Crippen LogP contribution is -1.93. The van der Waals surface area contributed by atoms with Crippen LogP contribution in [0, 0.1) is 13.8 Å². The van der Waals surface area contributed by atoms with Gasteiger partial charge >= 0.3 is 0 Å². The van der Waals surface area contributed by atoms with Crippen LogP contribution in [0.3, 0.4) is 0 Å². The van der Waals surface area contributed by atoms with E-state index in [1.807, 2.05) is 20.8 Å². The van der Waals surface area contributed by atoms with Crippen LogP contribution in [0.1, 0.15) is 52.2 Å². The van der Waals surface area contributed by atoms with E-state index >= 15 is 0 Å². The second kappa shape index (κ2) is 17.2. The van der Waals surface area contributed by atoms with Gasteiger partial charge in [-0.1, -0.05) is 56.2 Å². The average Bonchev–Trinajstić information content (AvgIpc) is 2.35. The molecule has 0 saturated carbocycles. The molecular weight excluding hydrogens is 256 g/mol. The third-order valence-corrected chi connectivity index (χ3v) is 1.81. The highest BCUT2D eigenvalue weighted by Crippen LogP contribution is 1.99. The molecule has 0 aliphatic heterocycles. The van der Waals surface area contributed by atoms with E-state index in [1.165, 1.54) is 18.1 Å². The van der Waals surface area contributed by atoms with Gasteiger partial charge < -0.3 is 5.11 Å². The lowest BCUT2D eigenvalue weighted by Gasteiger charge is -1.90. The summed E-state index contributed by atoms with van der Waals surface area (Å²) in [4.78, 5) is 9.31. The highest BCUT2D eigenvalue weighted by atomic mass is 32.1. The summed E-state index contributed by atoms with van der Waals surface area (Å²) in [6.07, 6.45) is 0.745. The lowest BCUT2D eigenvalue weighted by atomic mass is 10.2. The Morgan fingerprint density at radius 2 is 1.32 bits per heavy atom. The Labute approximate surface area is 124 Å². The van der Waals surface area contributed by atoms with E-state index in [0.717, 1.165) is 6.42 Å². The van der Waals surface area contributed by atoms with Crippen molar-refractivity contribution in [1.82, 2.24) is 0 Å². The first-order valence-electron chi connectivity index (χ1n) is 6.70. The van der Waals surface area contributed by atoms with E-state index in [1.54, 1.807) is 6.92 Å². The van der Waals surface area contributed by atoms with E-state index in [2.05, 4.69) is 50.7 Å². The summed E-state index contributed by atoms with van der Waals surface area (Å²) in [5.74, 6) is 0. The van der Waals surface area contributed by atoms with Gasteiger partial charge in [0.2, 0.25) is 0 Å². The van der Waals surface area contributed by atoms with Crippen LogP contribution in [-0.4, -0.2) is 16.3 Å². The fourth-order valence-corrected chi connectivity index (χ4v) is 0.637. The zero-order valence-electron chi connectivity index (χ0n) is 13.4. The van der Waals surface area contributed by atoms with Crippen molar-refractivity contribution >= 4 is 17.7 Å². The first-order valence-corrected chi connectivity index (χ1v) is 7.15. The molecule has 0 saturated heterocycles. The van der Waals surface area contributed by atoms with Crippen LogP contribution >= 0.6 is 12.6 Å². The second-order valence-electron chi connectivity index (χ2n) is 3.93. The van der Waals surface area contributed by atoms with Gasteiger partial charge in [0.15, 0.2) is 5.12 Å². The standard InChI is InChI=1S/C8H10.C4H10O.C2H4OS.C2H6/c1-7-3-5-8(2)6-4-7;1-3-4(2)5;1-2(3)4;1-2/h3-6H,1-2H3;4-5H,3H2,1-2H3;1H3,(H,3,4);1-2H3. The number of aliphatic hydroxyl groups is 1. The van der Waals surface area contributed by atoms with E-state index in [4.69, 9.17) is 5.11 Å². The molecular formula is C16H30O2S. The van der Waals surface area contributed by atoms with Gasteiger partial charge in [-0.25, -0.2) is 0 Å². The number of hydrogen-bond acceptors (Lipinski definition) is 2. The number of aliphatic hydroxyl groups excluding tert-OH is 1. The van der Waals surface area contributed by atoms with Crippen LogP contribution < -0.4 is 0 Å². The summed E-state index contributed by atoms with van der Waals surface area (Å²) in [6, 6.07) is 8.48. The normalized spacial score (nSPS) is 9.53. The molecule has 0 amide bonds. The fourth-order valence-electron chi connectivity index (χ4n) is 0.637. The molecule has 1 rings (SSSR count). The minimum absolute atomic E-state index is 0.116. The van der Waals surface area contributed by atoms with Crippen molar-refractivity contribution in [1.29, 1.82) is 0 Å². The number of aryl methyl sites for hydroxylation is 2. The Balaban J connectivity index is -0.000000203. The smallest absolute Gasteiger partial charge is 0.182 e.